The number of carbonyl (C=O) groups is 1. The number of halogens is 1. The van der Waals surface area contributed by atoms with Crippen molar-refractivity contribution >= 4 is 18.4 Å². The van der Waals surface area contributed by atoms with Gasteiger partial charge in [0, 0.05) is 6.20 Å². The van der Waals surface area contributed by atoms with E-state index in [4.69, 9.17) is 5.11 Å². The van der Waals surface area contributed by atoms with Crippen LogP contribution < -0.4 is 0 Å². The van der Waals surface area contributed by atoms with Gasteiger partial charge in [-0.2, -0.15) is 0 Å². The molecule has 78 valence electrons. The first-order chi connectivity index (χ1) is 6.11. The van der Waals surface area contributed by atoms with E-state index in [1.54, 1.807) is 6.20 Å². The topological polar surface area (TPSA) is 50.2 Å². The minimum Gasteiger partial charge on any atom is -0.481 e. The van der Waals surface area contributed by atoms with Crippen LogP contribution in [0.3, 0.4) is 0 Å². The van der Waals surface area contributed by atoms with Crippen molar-refractivity contribution in [3.05, 3.63) is 29.6 Å². The number of aromatic nitrogens is 1. The lowest BCUT2D eigenvalue weighted by molar-refractivity contribution is -0.136. The van der Waals surface area contributed by atoms with Gasteiger partial charge in [-0.15, -0.1) is 12.4 Å². The van der Waals surface area contributed by atoms with Gasteiger partial charge in [-0.1, -0.05) is 19.9 Å². The fraction of sp³-hybridized carbons (Fsp3) is 0.400. The molecule has 0 radical (unpaired) electrons. The molecule has 3 nitrogen and oxygen atoms in total. The summed E-state index contributed by atoms with van der Waals surface area (Å²) in [5.41, 5.74) is 1.69. The third kappa shape index (κ3) is 3.34. The number of hydrogen-bond acceptors (Lipinski definition) is 2. The second-order valence-corrected chi connectivity index (χ2v) is 3.26. The Morgan fingerprint density at radius 1 is 1.57 bits per heavy atom. The van der Waals surface area contributed by atoms with Crippen LogP contribution in [-0.2, 0) is 11.2 Å². The summed E-state index contributed by atoms with van der Waals surface area (Å²) in [4.78, 5) is 14.6. The molecular formula is C10H14ClNO2. The van der Waals surface area contributed by atoms with Gasteiger partial charge in [0.1, 0.15) is 0 Å². The number of pyridine rings is 1. The van der Waals surface area contributed by atoms with Crippen molar-refractivity contribution in [2.24, 2.45) is 0 Å². The highest BCUT2D eigenvalue weighted by Crippen LogP contribution is 2.17. The summed E-state index contributed by atoms with van der Waals surface area (Å²) in [6.45, 7) is 4.06. The van der Waals surface area contributed by atoms with E-state index in [-0.39, 0.29) is 18.8 Å². The molecule has 0 unspecified atom stereocenters. The molecule has 14 heavy (non-hydrogen) atoms. The highest BCUT2D eigenvalue weighted by atomic mass is 35.5. The van der Waals surface area contributed by atoms with Crippen LogP contribution in [0, 0.1) is 0 Å². The highest BCUT2D eigenvalue weighted by Gasteiger charge is 2.09. The van der Waals surface area contributed by atoms with Gasteiger partial charge in [0.2, 0.25) is 0 Å². The SMILES string of the molecule is CC(C)c1cccnc1CC(=O)O.Cl. The van der Waals surface area contributed by atoms with Gasteiger partial charge >= 0.3 is 5.97 Å². The van der Waals surface area contributed by atoms with Crippen LogP contribution in [0.15, 0.2) is 18.3 Å². The van der Waals surface area contributed by atoms with Crippen molar-refractivity contribution in [2.45, 2.75) is 26.2 Å². The minimum absolute atomic E-state index is 0. The molecule has 0 fully saturated rings. The molecule has 1 aromatic rings. The molecule has 1 N–H and O–H groups in total. The number of carboxylic acids is 1. The van der Waals surface area contributed by atoms with E-state index >= 15 is 0 Å². The highest BCUT2D eigenvalue weighted by molar-refractivity contribution is 5.85. The van der Waals surface area contributed by atoms with Crippen molar-refractivity contribution in [1.29, 1.82) is 0 Å². The molecule has 0 amide bonds. The van der Waals surface area contributed by atoms with E-state index in [2.05, 4.69) is 4.98 Å². The summed E-state index contributed by atoms with van der Waals surface area (Å²) in [5, 5.41) is 8.63. The smallest absolute Gasteiger partial charge is 0.309 e. The number of aliphatic carboxylic acids is 1. The first-order valence-corrected chi connectivity index (χ1v) is 4.27. The predicted octanol–water partition coefficient (Wildman–Crippen LogP) is 2.25. The number of carboxylic acid groups (broad SMARTS) is 1. The zero-order valence-corrected chi connectivity index (χ0v) is 9.04. The van der Waals surface area contributed by atoms with Gasteiger partial charge in [0.25, 0.3) is 0 Å². The maximum absolute atomic E-state index is 10.5. The van der Waals surface area contributed by atoms with Crippen LogP contribution in [0.5, 0.6) is 0 Å². The quantitative estimate of drug-likeness (QED) is 0.842. The van der Waals surface area contributed by atoms with Gasteiger partial charge < -0.3 is 5.11 Å². The van der Waals surface area contributed by atoms with Crippen LogP contribution in [0.2, 0.25) is 0 Å². The van der Waals surface area contributed by atoms with Gasteiger partial charge in [-0.3, -0.25) is 9.78 Å². The van der Waals surface area contributed by atoms with Crippen LogP contribution in [0.25, 0.3) is 0 Å². The van der Waals surface area contributed by atoms with Crippen LogP contribution >= 0.6 is 12.4 Å². The van der Waals surface area contributed by atoms with Gasteiger partial charge in [-0.05, 0) is 17.5 Å². The van der Waals surface area contributed by atoms with Gasteiger partial charge in [0.15, 0.2) is 0 Å². The molecule has 0 spiro atoms. The molecule has 0 atom stereocenters. The Kier molecular flexibility index (Phi) is 5.16. The average molecular weight is 216 g/mol. The Hall–Kier alpha value is -1.09. The zero-order chi connectivity index (χ0) is 9.84. The predicted molar refractivity (Wildman–Crippen MR) is 56.9 cm³/mol. The summed E-state index contributed by atoms with van der Waals surface area (Å²) < 4.78 is 0. The second kappa shape index (κ2) is 5.60. The molecule has 0 aliphatic rings. The van der Waals surface area contributed by atoms with E-state index < -0.39 is 5.97 Å². The van der Waals surface area contributed by atoms with Gasteiger partial charge in [-0.25, -0.2) is 0 Å². The molecule has 1 aromatic heterocycles. The zero-order valence-electron chi connectivity index (χ0n) is 8.23. The summed E-state index contributed by atoms with van der Waals surface area (Å²) >= 11 is 0. The van der Waals surface area contributed by atoms with Gasteiger partial charge in [0.05, 0.1) is 12.1 Å². The van der Waals surface area contributed by atoms with Crippen LogP contribution in [0.4, 0.5) is 0 Å². The lowest BCUT2D eigenvalue weighted by Gasteiger charge is -2.08. The molecule has 0 aromatic carbocycles. The Morgan fingerprint density at radius 2 is 2.21 bits per heavy atom. The standard InChI is InChI=1S/C10H13NO2.ClH/c1-7(2)8-4-3-5-11-9(8)6-10(12)13;/h3-5,7H,6H2,1-2H3,(H,12,13);1H. The normalized spacial score (nSPS) is 9.64. The van der Waals surface area contributed by atoms with E-state index in [0.717, 1.165) is 5.56 Å². The molecular weight excluding hydrogens is 202 g/mol. The molecule has 1 heterocycles. The Balaban J connectivity index is 0.00000169. The fourth-order valence-corrected chi connectivity index (χ4v) is 1.27. The lowest BCUT2D eigenvalue weighted by Crippen LogP contribution is -2.06. The Bertz CT molecular complexity index is 313. The van der Waals surface area contributed by atoms with Crippen molar-refractivity contribution in [3.63, 3.8) is 0 Å². The minimum atomic E-state index is -0.833. The maximum atomic E-state index is 10.5. The summed E-state index contributed by atoms with van der Waals surface area (Å²) in [6, 6.07) is 3.76. The van der Waals surface area contributed by atoms with E-state index in [9.17, 15) is 4.79 Å². The number of hydrogen-bond donors (Lipinski definition) is 1. The summed E-state index contributed by atoms with van der Waals surface area (Å²) in [6.07, 6.45) is 1.64. The maximum Gasteiger partial charge on any atom is 0.309 e. The fourth-order valence-electron chi connectivity index (χ4n) is 1.27. The second-order valence-electron chi connectivity index (χ2n) is 3.26. The lowest BCUT2D eigenvalue weighted by atomic mass is 10.0. The van der Waals surface area contributed by atoms with Crippen molar-refractivity contribution in [2.75, 3.05) is 0 Å². The molecule has 0 bridgehead atoms. The monoisotopic (exact) mass is 215 g/mol. The average Bonchev–Trinajstić information content (AvgIpc) is 2.03. The first kappa shape index (κ1) is 12.9. The summed E-state index contributed by atoms with van der Waals surface area (Å²) in [5.74, 6) is -0.511. The summed E-state index contributed by atoms with van der Waals surface area (Å²) in [7, 11) is 0. The molecule has 0 saturated heterocycles. The van der Waals surface area contributed by atoms with Crippen molar-refractivity contribution < 1.29 is 9.90 Å². The molecule has 0 aliphatic heterocycles. The van der Waals surface area contributed by atoms with E-state index in [1.807, 2.05) is 26.0 Å². The van der Waals surface area contributed by atoms with Crippen LogP contribution in [-0.4, -0.2) is 16.1 Å². The molecule has 0 aliphatic carbocycles. The molecule has 4 heteroatoms. The van der Waals surface area contributed by atoms with Crippen molar-refractivity contribution in [3.8, 4) is 0 Å². The van der Waals surface area contributed by atoms with Crippen LogP contribution in [0.1, 0.15) is 31.0 Å². The molecule has 1 rings (SSSR count). The van der Waals surface area contributed by atoms with Crippen molar-refractivity contribution in [1.82, 2.24) is 4.98 Å². The Labute approximate surface area is 89.6 Å². The third-order valence-corrected chi connectivity index (χ3v) is 1.87. The Morgan fingerprint density at radius 3 is 2.71 bits per heavy atom. The molecule has 0 saturated carbocycles. The largest absolute Gasteiger partial charge is 0.481 e. The number of rotatable bonds is 3. The third-order valence-electron chi connectivity index (χ3n) is 1.87. The first-order valence-electron chi connectivity index (χ1n) is 4.27. The van der Waals surface area contributed by atoms with E-state index in [0.29, 0.717) is 11.6 Å². The number of nitrogens with zero attached hydrogens (tertiary/aromatic N) is 1. The van der Waals surface area contributed by atoms with E-state index in [1.165, 1.54) is 0 Å².